The highest BCUT2D eigenvalue weighted by atomic mass is 32.2. The smallest absolute Gasteiger partial charge is 0.234 e. The fourth-order valence-electron chi connectivity index (χ4n) is 2.78. The number of carbonyl (C=O) groups excluding carboxylic acids is 1. The van der Waals surface area contributed by atoms with Gasteiger partial charge in [-0.2, -0.15) is 0 Å². The zero-order chi connectivity index (χ0) is 19.4. The number of amides is 1. The summed E-state index contributed by atoms with van der Waals surface area (Å²) < 4.78 is 1.97. The lowest BCUT2D eigenvalue weighted by Gasteiger charge is -2.11. The Labute approximate surface area is 163 Å². The van der Waals surface area contributed by atoms with Crippen LogP contribution in [-0.2, 0) is 11.3 Å². The van der Waals surface area contributed by atoms with Gasteiger partial charge >= 0.3 is 0 Å². The number of rotatable bonds is 6. The molecule has 0 radical (unpaired) electrons. The predicted octanol–water partition coefficient (Wildman–Crippen LogP) is 3.89. The molecule has 3 rings (SSSR count). The van der Waals surface area contributed by atoms with E-state index in [-0.39, 0.29) is 11.7 Å². The van der Waals surface area contributed by atoms with Gasteiger partial charge in [-0.1, -0.05) is 36.0 Å². The van der Waals surface area contributed by atoms with Crippen LogP contribution in [0.3, 0.4) is 0 Å². The van der Waals surface area contributed by atoms with E-state index < -0.39 is 0 Å². The maximum absolute atomic E-state index is 12.4. The van der Waals surface area contributed by atoms with E-state index in [1.165, 1.54) is 11.8 Å². The number of hydrogen-bond acceptors (Lipinski definition) is 5. The van der Waals surface area contributed by atoms with Crippen LogP contribution in [0.2, 0.25) is 0 Å². The van der Waals surface area contributed by atoms with Crippen molar-refractivity contribution in [3.8, 4) is 11.4 Å². The number of nitrogens with one attached hydrogen (secondary N) is 1. The van der Waals surface area contributed by atoms with Gasteiger partial charge in [0.1, 0.15) is 0 Å². The first-order valence-electron chi connectivity index (χ1n) is 8.78. The van der Waals surface area contributed by atoms with Gasteiger partial charge in [-0.05, 0) is 50.1 Å². The zero-order valence-corrected chi connectivity index (χ0v) is 16.5. The highest BCUT2D eigenvalue weighted by molar-refractivity contribution is 7.99. The quantitative estimate of drug-likeness (QED) is 0.500. The van der Waals surface area contributed by atoms with E-state index in [0.717, 1.165) is 22.4 Å². The molecular weight excluding hydrogens is 358 g/mol. The van der Waals surface area contributed by atoms with E-state index in [1.807, 2.05) is 67.8 Å². The highest BCUT2D eigenvalue weighted by Crippen LogP contribution is 2.28. The molecule has 2 aromatic carbocycles. The van der Waals surface area contributed by atoms with Crippen LogP contribution < -0.4 is 11.1 Å². The molecule has 27 heavy (non-hydrogen) atoms. The van der Waals surface area contributed by atoms with E-state index in [0.29, 0.717) is 23.2 Å². The third kappa shape index (κ3) is 4.14. The molecule has 140 valence electrons. The van der Waals surface area contributed by atoms with E-state index in [1.54, 1.807) is 0 Å². The Morgan fingerprint density at radius 3 is 2.67 bits per heavy atom. The van der Waals surface area contributed by atoms with Gasteiger partial charge in [-0.15, -0.1) is 10.2 Å². The van der Waals surface area contributed by atoms with Crippen molar-refractivity contribution >= 4 is 29.0 Å². The monoisotopic (exact) mass is 381 g/mol. The fourth-order valence-corrected chi connectivity index (χ4v) is 3.59. The molecule has 0 fully saturated rings. The molecule has 0 aliphatic rings. The van der Waals surface area contributed by atoms with Crippen molar-refractivity contribution in [3.63, 3.8) is 0 Å². The van der Waals surface area contributed by atoms with Gasteiger partial charge in [0.15, 0.2) is 11.0 Å². The van der Waals surface area contributed by atoms with Crippen LogP contribution >= 0.6 is 11.8 Å². The van der Waals surface area contributed by atoms with Gasteiger partial charge in [0.05, 0.1) is 5.75 Å². The Hall–Kier alpha value is -2.80. The summed E-state index contributed by atoms with van der Waals surface area (Å²) in [6, 6.07) is 13.5. The second-order valence-corrected chi connectivity index (χ2v) is 7.16. The molecule has 6 nitrogen and oxygen atoms in total. The average Bonchev–Trinajstić information content (AvgIpc) is 3.07. The molecule has 3 N–H and O–H groups in total. The normalized spacial score (nSPS) is 10.8. The van der Waals surface area contributed by atoms with Crippen LogP contribution in [0, 0.1) is 13.8 Å². The van der Waals surface area contributed by atoms with Gasteiger partial charge < -0.3 is 15.6 Å². The fraction of sp³-hybridized carbons (Fsp3) is 0.250. The van der Waals surface area contributed by atoms with Crippen LogP contribution in [0.15, 0.2) is 47.6 Å². The first-order valence-corrected chi connectivity index (χ1v) is 9.76. The summed E-state index contributed by atoms with van der Waals surface area (Å²) in [5.74, 6) is 0.906. The van der Waals surface area contributed by atoms with E-state index in [2.05, 4.69) is 15.5 Å². The maximum atomic E-state index is 12.4. The Balaban J connectivity index is 1.72. The summed E-state index contributed by atoms with van der Waals surface area (Å²) in [4.78, 5) is 12.4. The molecule has 0 bridgehead atoms. The second kappa shape index (κ2) is 8.26. The SMILES string of the molecule is CCn1c(SCC(=O)Nc2cccc(C)c2C)nnc1-c1ccccc1N. The molecule has 1 aromatic heterocycles. The van der Waals surface area contributed by atoms with E-state index in [4.69, 9.17) is 5.73 Å². The maximum Gasteiger partial charge on any atom is 0.234 e. The third-order valence-corrected chi connectivity index (χ3v) is 5.41. The summed E-state index contributed by atoms with van der Waals surface area (Å²) in [6.45, 7) is 6.74. The van der Waals surface area contributed by atoms with Gasteiger partial charge in [0, 0.05) is 23.5 Å². The third-order valence-electron chi connectivity index (χ3n) is 4.45. The Morgan fingerprint density at radius 2 is 1.93 bits per heavy atom. The van der Waals surface area contributed by atoms with Gasteiger partial charge in [-0.3, -0.25) is 4.79 Å². The van der Waals surface area contributed by atoms with E-state index in [9.17, 15) is 4.79 Å². The number of para-hydroxylation sites is 1. The number of carbonyl (C=O) groups is 1. The van der Waals surface area contributed by atoms with Gasteiger partial charge in [-0.25, -0.2) is 0 Å². The number of thioether (sulfide) groups is 1. The lowest BCUT2D eigenvalue weighted by molar-refractivity contribution is -0.113. The number of aryl methyl sites for hydroxylation is 1. The van der Waals surface area contributed by atoms with Gasteiger partial charge in [0.2, 0.25) is 5.91 Å². The summed E-state index contributed by atoms with van der Waals surface area (Å²) in [6.07, 6.45) is 0. The number of nitrogens with two attached hydrogens (primary N) is 1. The van der Waals surface area contributed by atoms with Crippen LogP contribution in [0.4, 0.5) is 11.4 Å². The molecule has 0 aliphatic heterocycles. The molecule has 0 atom stereocenters. The molecule has 1 amide bonds. The largest absolute Gasteiger partial charge is 0.398 e. The average molecular weight is 382 g/mol. The number of aromatic nitrogens is 3. The van der Waals surface area contributed by atoms with Crippen molar-refractivity contribution in [2.45, 2.75) is 32.5 Å². The predicted molar refractivity (Wildman–Crippen MR) is 111 cm³/mol. The number of nitrogen functional groups attached to an aromatic ring is 1. The van der Waals surface area contributed by atoms with Crippen LogP contribution in [0.5, 0.6) is 0 Å². The Bertz CT molecular complexity index is 967. The molecular formula is C20H23N5OS. The molecule has 0 spiro atoms. The summed E-state index contributed by atoms with van der Waals surface area (Å²) >= 11 is 1.37. The van der Waals surface area contributed by atoms with Crippen molar-refractivity contribution in [3.05, 3.63) is 53.6 Å². The molecule has 1 heterocycles. The van der Waals surface area contributed by atoms with Crippen molar-refractivity contribution in [1.82, 2.24) is 14.8 Å². The second-order valence-electron chi connectivity index (χ2n) is 6.22. The Kier molecular flexibility index (Phi) is 5.81. The first-order chi connectivity index (χ1) is 13.0. The minimum absolute atomic E-state index is 0.0693. The molecule has 7 heteroatoms. The van der Waals surface area contributed by atoms with Crippen LogP contribution in [-0.4, -0.2) is 26.4 Å². The highest BCUT2D eigenvalue weighted by Gasteiger charge is 2.16. The molecule has 0 aliphatic carbocycles. The topological polar surface area (TPSA) is 85.8 Å². The molecule has 3 aromatic rings. The number of hydrogen-bond donors (Lipinski definition) is 2. The number of anilines is 2. The minimum atomic E-state index is -0.0693. The van der Waals surface area contributed by atoms with Gasteiger partial charge in [0.25, 0.3) is 0 Å². The van der Waals surface area contributed by atoms with Crippen LogP contribution in [0.25, 0.3) is 11.4 Å². The summed E-state index contributed by atoms with van der Waals surface area (Å²) in [5, 5.41) is 12.2. The molecule has 0 saturated carbocycles. The number of nitrogens with zero attached hydrogens (tertiary/aromatic N) is 3. The minimum Gasteiger partial charge on any atom is -0.398 e. The molecule has 0 saturated heterocycles. The van der Waals surface area contributed by atoms with Crippen molar-refractivity contribution < 1.29 is 4.79 Å². The van der Waals surface area contributed by atoms with Crippen LogP contribution in [0.1, 0.15) is 18.1 Å². The lowest BCUT2D eigenvalue weighted by Crippen LogP contribution is -2.15. The molecule has 0 unspecified atom stereocenters. The standard InChI is InChI=1S/C20H23N5OS/c1-4-25-19(15-9-5-6-10-16(15)21)23-24-20(25)27-12-18(26)22-17-11-7-8-13(2)14(17)3/h5-11H,4,12,21H2,1-3H3,(H,22,26). The lowest BCUT2D eigenvalue weighted by atomic mass is 10.1. The first kappa shape index (κ1) is 19.0. The van der Waals surface area contributed by atoms with Crippen molar-refractivity contribution in [2.24, 2.45) is 0 Å². The van der Waals surface area contributed by atoms with Crippen molar-refractivity contribution in [2.75, 3.05) is 16.8 Å². The summed E-state index contributed by atoms with van der Waals surface area (Å²) in [5.41, 5.74) is 10.6. The number of benzene rings is 2. The Morgan fingerprint density at radius 1 is 1.15 bits per heavy atom. The zero-order valence-electron chi connectivity index (χ0n) is 15.7. The van der Waals surface area contributed by atoms with Crippen molar-refractivity contribution in [1.29, 1.82) is 0 Å². The summed E-state index contributed by atoms with van der Waals surface area (Å²) in [7, 11) is 0. The van der Waals surface area contributed by atoms with E-state index >= 15 is 0 Å².